The molecule has 0 amide bonds. The molecule has 2 atom stereocenters. The van der Waals surface area contributed by atoms with Gasteiger partial charge in [0.05, 0.1) is 10.4 Å². The Morgan fingerprint density at radius 3 is 2.17 bits per heavy atom. The second-order valence-electron chi connectivity index (χ2n) is 15.4. The van der Waals surface area contributed by atoms with Crippen LogP contribution >= 0.6 is 11.3 Å². The first-order chi connectivity index (χ1) is 28.8. The third-order valence-corrected chi connectivity index (χ3v) is 13.4. The molecule has 0 fully saturated rings. The maximum Gasteiger partial charge on any atom is 0.134 e. The number of furan rings is 1. The van der Waals surface area contributed by atoms with E-state index in [0.717, 1.165) is 63.9 Å². The number of para-hydroxylation sites is 2. The minimum atomic E-state index is 0.155. The summed E-state index contributed by atoms with van der Waals surface area (Å²) in [7, 11) is 0. The zero-order chi connectivity index (χ0) is 38.2. The lowest BCUT2D eigenvalue weighted by atomic mass is 9.86. The summed E-state index contributed by atoms with van der Waals surface area (Å²) < 4.78 is 15.6. The number of fused-ring (bicyclic) bond motifs is 9. The van der Waals surface area contributed by atoms with Crippen molar-refractivity contribution in [2.75, 3.05) is 4.90 Å². The van der Waals surface area contributed by atoms with Gasteiger partial charge < -0.3 is 14.1 Å². The topological polar surface area (TPSA) is 25.6 Å². The predicted molar refractivity (Wildman–Crippen MR) is 242 cm³/mol. The van der Waals surface area contributed by atoms with Crippen molar-refractivity contribution in [3.8, 4) is 16.9 Å². The zero-order valence-corrected chi connectivity index (χ0v) is 32.5. The van der Waals surface area contributed by atoms with Crippen LogP contribution in [0.15, 0.2) is 192 Å². The molecule has 3 heterocycles. The average Bonchev–Trinajstić information content (AvgIpc) is 3.99. The lowest BCUT2D eigenvalue weighted by Crippen LogP contribution is -2.11. The quantitative estimate of drug-likeness (QED) is 0.169. The molecule has 0 saturated carbocycles. The fourth-order valence-corrected chi connectivity index (χ4v) is 10.7. The van der Waals surface area contributed by atoms with Gasteiger partial charge >= 0.3 is 0 Å². The van der Waals surface area contributed by atoms with Crippen LogP contribution in [-0.2, 0) is 0 Å². The van der Waals surface area contributed by atoms with E-state index in [4.69, 9.17) is 9.15 Å². The fraction of sp³-hybridized carbons (Fsp3) is 0.0741. The molecule has 2 unspecified atom stereocenters. The van der Waals surface area contributed by atoms with Crippen molar-refractivity contribution in [1.82, 2.24) is 0 Å². The first kappa shape index (κ1) is 33.3. The number of anilines is 3. The normalized spacial score (nSPS) is 16.8. The summed E-state index contributed by atoms with van der Waals surface area (Å²) in [6, 6.07) is 59.3. The molecule has 9 aromatic rings. The van der Waals surface area contributed by atoms with Crippen molar-refractivity contribution in [1.29, 1.82) is 0 Å². The predicted octanol–water partition coefficient (Wildman–Crippen LogP) is 15.3. The number of thiophene rings is 1. The Kier molecular flexibility index (Phi) is 7.67. The average molecular weight is 764 g/mol. The molecule has 2 aromatic heterocycles. The van der Waals surface area contributed by atoms with Crippen LogP contribution in [0.4, 0.5) is 17.1 Å². The van der Waals surface area contributed by atoms with Gasteiger partial charge in [-0.1, -0.05) is 140 Å². The van der Waals surface area contributed by atoms with Gasteiger partial charge in [-0.25, -0.2) is 0 Å². The SMILES string of the molecule is C1=CC(c2ccc(N(c3ccc(C4CC=Cc5c4oc4ccccc54)cc3)c3cccc4c3sc3cccc(-c5ccccc5)c34)cc2)=C2Oc3ccccc3C2C1. The van der Waals surface area contributed by atoms with Crippen LogP contribution in [0.3, 0.4) is 0 Å². The second-order valence-corrected chi connectivity index (χ2v) is 16.5. The Morgan fingerprint density at radius 1 is 0.569 bits per heavy atom. The van der Waals surface area contributed by atoms with Crippen molar-refractivity contribution in [2.45, 2.75) is 24.7 Å². The molecule has 0 saturated heterocycles. The van der Waals surface area contributed by atoms with Gasteiger partial charge in [0.2, 0.25) is 0 Å². The number of ether oxygens (including phenoxy) is 1. The van der Waals surface area contributed by atoms with Gasteiger partial charge in [0, 0.05) is 60.8 Å². The molecule has 2 aliphatic carbocycles. The summed E-state index contributed by atoms with van der Waals surface area (Å²) in [6.45, 7) is 0. The third kappa shape index (κ3) is 5.25. The fourth-order valence-electron chi connectivity index (χ4n) is 9.48. The molecule has 4 heteroatoms. The van der Waals surface area contributed by atoms with Gasteiger partial charge in [0.15, 0.2) is 0 Å². The van der Waals surface area contributed by atoms with E-state index in [1.807, 2.05) is 17.4 Å². The second kappa shape index (κ2) is 13.4. The molecule has 0 bridgehead atoms. The van der Waals surface area contributed by atoms with Gasteiger partial charge in [0.1, 0.15) is 22.9 Å². The summed E-state index contributed by atoms with van der Waals surface area (Å²) in [5.41, 5.74) is 12.8. The Balaban J connectivity index is 0.987. The van der Waals surface area contributed by atoms with E-state index in [9.17, 15) is 0 Å². The Bertz CT molecular complexity index is 3150. The molecule has 12 rings (SSSR count). The summed E-state index contributed by atoms with van der Waals surface area (Å²) in [5, 5.41) is 3.75. The van der Waals surface area contributed by atoms with Crippen LogP contribution in [0.2, 0.25) is 0 Å². The lowest BCUT2D eigenvalue weighted by molar-refractivity contribution is 0.429. The minimum absolute atomic E-state index is 0.155. The van der Waals surface area contributed by atoms with Crippen LogP contribution < -0.4 is 9.64 Å². The highest BCUT2D eigenvalue weighted by Crippen LogP contribution is 2.50. The highest BCUT2D eigenvalue weighted by Gasteiger charge is 2.33. The molecule has 3 aliphatic rings. The molecular formula is C54H37NO2S. The monoisotopic (exact) mass is 763 g/mol. The molecule has 3 nitrogen and oxygen atoms in total. The highest BCUT2D eigenvalue weighted by molar-refractivity contribution is 7.26. The number of benzene rings is 7. The molecule has 58 heavy (non-hydrogen) atoms. The number of allylic oxidation sites excluding steroid dienone is 5. The van der Waals surface area contributed by atoms with E-state index in [-0.39, 0.29) is 11.8 Å². The highest BCUT2D eigenvalue weighted by atomic mass is 32.1. The van der Waals surface area contributed by atoms with E-state index in [2.05, 4.69) is 187 Å². The first-order valence-corrected chi connectivity index (χ1v) is 20.9. The largest absolute Gasteiger partial charge is 0.460 e. The van der Waals surface area contributed by atoms with Crippen LogP contribution in [0, 0.1) is 0 Å². The van der Waals surface area contributed by atoms with Crippen molar-refractivity contribution < 1.29 is 9.15 Å². The van der Waals surface area contributed by atoms with Gasteiger partial charge in [0.25, 0.3) is 0 Å². The Morgan fingerprint density at radius 2 is 1.29 bits per heavy atom. The summed E-state index contributed by atoms with van der Waals surface area (Å²) >= 11 is 1.87. The third-order valence-electron chi connectivity index (χ3n) is 12.2. The first-order valence-electron chi connectivity index (χ1n) is 20.1. The van der Waals surface area contributed by atoms with E-state index in [1.165, 1.54) is 53.4 Å². The van der Waals surface area contributed by atoms with Gasteiger partial charge in [-0.05, 0) is 83.6 Å². The van der Waals surface area contributed by atoms with Crippen LogP contribution in [0.5, 0.6) is 5.75 Å². The van der Waals surface area contributed by atoms with Gasteiger partial charge in [-0.15, -0.1) is 11.3 Å². The van der Waals surface area contributed by atoms with E-state index in [1.54, 1.807) is 0 Å². The molecular weight excluding hydrogens is 727 g/mol. The number of rotatable bonds is 6. The van der Waals surface area contributed by atoms with Gasteiger partial charge in [-0.3, -0.25) is 0 Å². The van der Waals surface area contributed by atoms with Crippen LogP contribution in [-0.4, -0.2) is 0 Å². The molecule has 7 aromatic carbocycles. The van der Waals surface area contributed by atoms with E-state index in [0.29, 0.717) is 0 Å². The lowest BCUT2D eigenvalue weighted by Gasteiger charge is -2.27. The van der Waals surface area contributed by atoms with Crippen molar-refractivity contribution >= 4 is 71.2 Å². The van der Waals surface area contributed by atoms with Crippen LogP contribution in [0.1, 0.15) is 52.7 Å². The number of hydrogen-bond donors (Lipinski definition) is 0. The molecule has 0 N–H and O–H groups in total. The van der Waals surface area contributed by atoms with Crippen molar-refractivity contribution in [3.05, 3.63) is 216 Å². The molecule has 1 aliphatic heterocycles. The molecule has 0 radical (unpaired) electrons. The molecule has 276 valence electrons. The Labute approximate surface area is 341 Å². The maximum absolute atomic E-state index is 6.52. The smallest absolute Gasteiger partial charge is 0.134 e. The number of hydrogen-bond acceptors (Lipinski definition) is 4. The van der Waals surface area contributed by atoms with E-state index < -0.39 is 0 Å². The van der Waals surface area contributed by atoms with Crippen LogP contribution in [0.25, 0.3) is 53.9 Å². The summed E-state index contributed by atoms with van der Waals surface area (Å²) in [6.07, 6.45) is 10.9. The molecule has 0 spiro atoms. The summed E-state index contributed by atoms with van der Waals surface area (Å²) in [5.74, 6) is 3.49. The van der Waals surface area contributed by atoms with E-state index >= 15 is 0 Å². The maximum atomic E-state index is 6.52. The minimum Gasteiger partial charge on any atom is -0.460 e. The standard InChI is InChI=1S/C54H37NO2S/c1-2-12-34(13-3-1)39-16-11-25-50-51(39)46-21-10-22-47(54(46)58-50)55(37-30-26-35(27-31-37)40-17-8-19-44-42-14-4-6-23-48(42)56-52(40)44)38-32-28-36(29-33-38)41-18-9-20-45-43-15-5-7-24-49(43)57-53(41)45/h1-17,20-33,41,44H,18-19H2. The number of nitrogens with zero attached hydrogens (tertiary/aromatic N) is 1. The van der Waals surface area contributed by atoms with Crippen molar-refractivity contribution in [2.24, 2.45) is 0 Å². The zero-order valence-electron chi connectivity index (χ0n) is 31.6. The van der Waals surface area contributed by atoms with Gasteiger partial charge in [-0.2, -0.15) is 0 Å². The van der Waals surface area contributed by atoms with Crippen molar-refractivity contribution in [3.63, 3.8) is 0 Å². The Hall–Kier alpha value is -6.88. The summed E-state index contributed by atoms with van der Waals surface area (Å²) in [4.78, 5) is 2.43.